The fourth-order valence-electron chi connectivity index (χ4n) is 2.54. The quantitative estimate of drug-likeness (QED) is 0.879. The highest BCUT2D eigenvalue weighted by atomic mass is 32.1. The van der Waals surface area contributed by atoms with E-state index in [4.69, 9.17) is 5.73 Å². The number of hydrogen-bond acceptors (Lipinski definition) is 7. The standard InChI is InChI=1S/C15H20N6OS/c1-10-5-17-13(23-10)8-20-15-18-6-11(7-19-15)14(22)21-4-2-3-12(16)9-21/h5-7,12H,2-4,8-9,16H2,1H3,(H,18,19,20). The van der Waals surface area contributed by atoms with Gasteiger partial charge in [-0.1, -0.05) is 0 Å². The van der Waals surface area contributed by atoms with E-state index in [0.29, 0.717) is 24.6 Å². The monoisotopic (exact) mass is 332 g/mol. The molecule has 8 heteroatoms. The molecule has 0 saturated carbocycles. The van der Waals surface area contributed by atoms with Crippen molar-refractivity contribution < 1.29 is 4.79 Å². The van der Waals surface area contributed by atoms with Crippen LogP contribution in [0.3, 0.4) is 0 Å². The van der Waals surface area contributed by atoms with Crippen LogP contribution in [-0.2, 0) is 6.54 Å². The number of anilines is 1. The van der Waals surface area contributed by atoms with Crippen molar-refractivity contribution in [3.63, 3.8) is 0 Å². The Kier molecular flexibility index (Phi) is 4.82. The van der Waals surface area contributed by atoms with E-state index in [0.717, 1.165) is 24.4 Å². The van der Waals surface area contributed by atoms with E-state index in [-0.39, 0.29) is 11.9 Å². The Hall–Kier alpha value is -2.06. The summed E-state index contributed by atoms with van der Waals surface area (Å²) in [5, 5.41) is 4.09. The highest BCUT2D eigenvalue weighted by Gasteiger charge is 2.22. The predicted octanol–water partition coefficient (Wildman–Crippen LogP) is 1.42. The molecule has 1 amide bonds. The maximum Gasteiger partial charge on any atom is 0.257 e. The average Bonchev–Trinajstić information content (AvgIpc) is 2.98. The molecule has 0 bridgehead atoms. The van der Waals surface area contributed by atoms with Crippen LogP contribution < -0.4 is 11.1 Å². The number of amides is 1. The molecule has 3 rings (SSSR count). The third-order valence-corrected chi connectivity index (χ3v) is 4.62. The summed E-state index contributed by atoms with van der Waals surface area (Å²) >= 11 is 1.63. The summed E-state index contributed by atoms with van der Waals surface area (Å²) in [6, 6.07) is 0.0660. The summed E-state index contributed by atoms with van der Waals surface area (Å²) in [7, 11) is 0. The van der Waals surface area contributed by atoms with Crippen LogP contribution in [0, 0.1) is 6.92 Å². The van der Waals surface area contributed by atoms with Gasteiger partial charge >= 0.3 is 0 Å². The van der Waals surface area contributed by atoms with Gasteiger partial charge in [-0.3, -0.25) is 4.79 Å². The molecular formula is C15H20N6OS. The zero-order chi connectivity index (χ0) is 16.2. The third-order valence-electron chi connectivity index (χ3n) is 3.71. The van der Waals surface area contributed by atoms with Gasteiger partial charge < -0.3 is 16.0 Å². The molecule has 1 saturated heterocycles. The van der Waals surface area contributed by atoms with Crippen molar-refractivity contribution in [1.82, 2.24) is 19.9 Å². The first-order valence-corrected chi connectivity index (χ1v) is 8.45. The number of rotatable bonds is 4. The van der Waals surface area contributed by atoms with E-state index < -0.39 is 0 Å². The number of nitrogens with zero attached hydrogens (tertiary/aromatic N) is 4. The number of carbonyl (C=O) groups excluding carboxylic acids is 1. The van der Waals surface area contributed by atoms with Gasteiger partial charge in [0, 0.05) is 42.6 Å². The Morgan fingerprint density at radius 1 is 1.39 bits per heavy atom. The fraction of sp³-hybridized carbons (Fsp3) is 0.467. The summed E-state index contributed by atoms with van der Waals surface area (Å²) in [5.74, 6) is 0.437. The van der Waals surface area contributed by atoms with Crippen LogP contribution in [0.2, 0.25) is 0 Å². The van der Waals surface area contributed by atoms with Gasteiger partial charge in [0.05, 0.1) is 12.1 Å². The molecule has 0 aliphatic carbocycles. The number of piperidine rings is 1. The third kappa shape index (κ3) is 4.02. The van der Waals surface area contributed by atoms with Gasteiger partial charge in [0.15, 0.2) is 0 Å². The van der Waals surface area contributed by atoms with Gasteiger partial charge in [-0.2, -0.15) is 0 Å². The molecule has 1 aliphatic heterocycles. The highest BCUT2D eigenvalue weighted by Crippen LogP contribution is 2.14. The Morgan fingerprint density at radius 3 is 2.83 bits per heavy atom. The first kappa shape index (κ1) is 15.8. The molecule has 2 aromatic rings. The van der Waals surface area contributed by atoms with Crippen LogP contribution in [0.4, 0.5) is 5.95 Å². The summed E-state index contributed by atoms with van der Waals surface area (Å²) < 4.78 is 0. The Balaban J connectivity index is 1.59. The lowest BCUT2D eigenvalue weighted by molar-refractivity contribution is 0.0708. The first-order chi connectivity index (χ1) is 11.1. The maximum absolute atomic E-state index is 12.4. The van der Waals surface area contributed by atoms with Gasteiger partial charge in [-0.15, -0.1) is 11.3 Å². The van der Waals surface area contributed by atoms with Crippen molar-refractivity contribution in [3.05, 3.63) is 34.0 Å². The van der Waals surface area contributed by atoms with Crippen LogP contribution in [-0.4, -0.2) is 44.9 Å². The Bertz CT molecular complexity index is 671. The number of likely N-dealkylation sites (tertiary alicyclic amines) is 1. The number of nitrogens with two attached hydrogens (primary N) is 1. The lowest BCUT2D eigenvalue weighted by Gasteiger charge is -2.30. The van der Waals surface area contributed by atoms with Crippen molar-refractivity contribution in [2.45, 2.75) is 32.4 Å². The maximum atomic E-state index is 12.4. The zero-order valence-electron chi connectivity index (χ0n) is 13.0. The molecule has 0 aromatic carbocycles. The van der Waals surface area contributed by atoms with Gasteiger partial charge in [-0.05, 0) is 19.8 Å². The minimum Gasteiger partial charge on any atom is -0.348 e. The molecule has 0 spiro atoms. The van der Waals surface area contributed by atoms with E-state index in [1.807, 2.05) is 13.1 Å². The SMILES string of the molecule is Cc1cnc(CNc2ncc(C(=O)N3CCCC(N)C3)cn2)s1. The van der Waals surface area contributed by atoms with Gasteiger partial charge in [0.1, 0.15) is 5.01 Å². The number of carbonyl (C=O) groups is 1. The second kappa shape index (κ2) is 7.01. The van der Waals surface area contributed by atoms with Crippen molar-refractivity contribution in [2.24, 2.45) is 5.73 Å². The van der Waals surface area contributed by atoms with Crippen molar-refractivity contribution in [3.8, 4) is 0 Å². The molecule has 1 atom stereocenters. The number of nitrogens with one attached hydrogen (secondary N) is 1. The molecule has 1 unspecified atom stereocenters. The topological polar surface area (TPSA) is 97.0 Å². The largest absolute Gasteiger partial charge is 0.348 e. The van der Waals surface area contributed by atoms with E-state index in [1.165, 1.54) is 4.88 Å². The van der Waals surface area contributed by atoms with Crippen LogP contribution >= 0.6 is 11.3 Å². The lowest BCUT2D eigenvalue weighted by atomic mass is 10.1. The van der Waals surface area contributed by atoms with Crippen LogP contribution in [0.5, 0.6) is 0 Å². The van der Waals surface area contributed by atoms with E-state index in [9.17, 15) is 4.79 Å². The van der Waals surface area contributed by atoms with Gasteiger partial charge in [-0.25, -0.2) is 15.0 Å². The Labute approximate surface area is 139 Å². The second-order valence-electron chi connectivity index (χ2n) is 5.67. The normalized spacial score (nSPS) is 18.0. The number of thiazole rings is 1. The molecule has 1 aliphatic rings. The molecule has 1 fully saturated rings. The molecule has 23 heavy (non-hydrogen) atoms. The molecule has 0 radical (unpaired) electrons. The second-order valence-corrected chi connectivity index (χ2v) is 6.99. The molecule has 2 aromatic heterocycles. The number of hydrogen-bond donors (Lipinski definition) is 2. The minimum atomic E-state index is -0.0535. The fourth-order valence-corrected chi connectivity index (χ4v) is 3.27. The molecule has 3 N–H and O–H groups in total. The van der Waals surface area contributed by atoms with E-state index in [1.54, 1.807) is 28.6 Å². The van der Waals surface area contributed by atoms with Gasteiger partial charge in [0.25, 0.3) is 5.91 Å². The summed E-state index contributed by atoms with van der Waals surface area (Å²) in [4.78, 5) is 28.0. The first-order valence-electron chi connectivity index (χ1n) is 7.64. The number of aryl methyl sites for hydroxylation is 1. The number of aromatic nitrogens is 3. The molecule has 122 valence electrons. The van der Waals surface area contributed by atoms with Crippen LogP contribution in [0.15, 0.2) is 18.6 Å². The van der Waals surface area contributed by atoms with Gasteiger partial charge in [0.2, 0.25) is 5.95 Å². The zero-order valence-corrected chi connectivity index (χ0v) is 13.8. The molecule has 7 nitrogen and oxygen atoms in total. The van der Waals surface area contributed by atoms with Crippen molar-refractivity contribution in [2.75, 3.05) is 18.4 Å². The lowest BCUT2D eigenvalue weighted by Crippen LogP contribution is -2.45. The van der Waals surface area contributed by atoms with E-state index in [2.05, 4.69) is 20.3 Å². The minimum absolute atomic E-state index is 0.0535. The molecular weight excluding hydrogens is 312 g/mol. The van der Waals surface area contributed by atoms with Crippen molar-refractivity contribution >= 4 is 23.2 Å². The van der Waals surface area contributed by atoms with Crippen molar-refractivity contribution in [1.29, 1.82) is 0 Å². The van der Waals surface area contributed by atoms with E-state index >= 15 is 0 Å². The summed E-state index contributed by atoms with van der Waals surface area (Å²) in [6.45, 7) is 3.94. The van der Waals surface area contributed by atoms with Crippen LogP contribution in [0.25, 0.3) is 0 Å². The smallest absolute Gasteiger partial charge is 0.257 e. The summed E-state index contributed by atoms with van der Waals surface area (Å²) in [5.41, 5.74) is 6.42. The summed E-state index contributed by atoms with van der Waals surface area (Å²) in [6.07, 6.45) is 6.88. The molecule has 3 heterocycles. The average molecular weight is 332 g/mol. The van der Waals surface area contributed by atoms with Crippen LogP contribution in [0.1, 0.15) is 33.1 Å². The Morgan fingerprint density at radius 2 is 2.17 bits per heavy atom. The predicted molar refractivity (Wildman–Crippen MR) is 89.3 cm³/mol. The highest BCUT2D eigenvalue weighted by molar-refractivity contribution is 7.11.